The van der Waals surface area contributed by atoms with E-state index in [4.69, 9.17) is 16.3 Å². The standard InChI is InChI=1S/C19H14ClF4N5O4/c20-14-12(6-25-28-16(14)30)29-4-3-9-11(7-29)26-15(18(31)32)27-17(9)33-13-2-1-8(21)5-10(13)19(22,23)24/h1-2,5-6,18,31-32H,3-4,7H2,(H,28,30). The highest BCUT2D eigenvalue weighted by Gasteiger charge is 2.36. The molecular weight excluding hydrogens is 474 g/mol. The minimum absolute atomic E-state index is 0.00562. The van der Waals surface area contributed by atoms with Crippen molar-refractivity contribution in [2.24, 2.45) is 0 Å². The van der Waals surface area contributed by atoms with Crippen LogP contribution in [-0.4, -0.2) is 36.9 Å². The number of hydrogen-bond donors (Lipinski definition) is 3. The molecule has 0 fully saturated rings. The van der Waals surface area contributed by atoms with E-state index in [0.717, 1.165) is 12.1 Å². The van der Waals surface area contributed by atoms with Crippen LogP contribution in [0.2, 0.25) is 5.02 Å². The van der Waals surface area contributed by atoms with Crippen molar-refractivity contribution in [1.82, 2.24) is 20.2 Å². The lowest BCUT2D eigenvalue weighted by molar-refractivity contribution is -0.138. The minimum Gasteiger partial charge on any atom is -0.438 e. The highest BCUT2D eigenvalue weighted by atomic mass is 35.5. The molecule has 1 aliphatic heterocycles. The summed E-state index contributed by atoms with van der Waals surface area (Å²) < 4.78 is 58.9. The molecule has 1 aliphatic rings. The lowest BCUT2D eigenvalue weighted by atomic mass is 10.1. The largest absolute Gasteiger partial charge is 0.438 e. The van der Waals surface area contributed by atoms with Crippen molar-refractivity contribution in [3.63, 3.8) is 0 Å². The average molecular weight is 488 g/mol. The fraction of sp³-hybridized carbons (Fsp3) is 0.263. The van der Waals surface area contributed by atoms with E-state index in [-0.39, 0.29) is 47.9 Å². The van der Waals surface area contributed by atoms with Gasteiger partial charge in [-0.25, -0.2) is 14.5 Å². The molecule has 3 heterocycles. The van der Waals surface area contributed by atoms with Crippen LogP contribution in [0.4, 0.5) is 23.2 Å². The first-order valence-electron chi connectivity index (χ1n) is 9.33. The van der Waals surface area contributed by atoms with Gasteiger partial charge in [-0.15, -0.1) is 0 Å². The third-order valence-corrected chi connectivity index (χ3v) is 5.21. The molecule has 0 saturated heterocycles. The number of anilines is 1. The van der Waals surface area contributed by atoms with E-state index in [0.29, 0.717) is 5.56 Å². The number of aliphatic hydroxyl groups is 2. The Labute approximate surface area is 187 Å². The van der Waals surface area contributed by atoms with Gasteiger partial charge in [0.15, 0.2) is 5.82 Å². The number of nitrogens with zero attached hydrogens (tertiary/aromatic N) is 4. The van der Waals surface area contributed by atoms with E-state index in [9.17, 15) is 32.6 Å². The highest BCUT2D eigenvalue weighted by Crippen LogP contribution is 2.40. The molecule has 0 bridgehead atoms. The van der Waals surface area contributed by atoms with Crippen LogP contribution in [-0.2, 0) is 19.1 Å². The number of H-pyrrole nitrogens is 1. The number of aromatic nitrogens is 4. The number of aromatic amines is 1. The lowest BCUT2D eigenvalue weighted by Gasteiger charge is -2.31. The van der Waals surface area contributed by atoms with Crippen molar-refractivity contribution in [3.8, 4) is 11.6 Å². The number of halogens is 5. The van der Waals surface area contributed by atoms with E-state index in [1.54, 1.807) is 4.90 Å². The molecule has 2 aromatic heterocycles. The molecule has 0 amide bonds. The van der Waals surface area contributed by atoms with Crippen molar-refractivity contribution in [2.75, 3.05) is 11.4 Å². The molecule has 0 saturated carbocycles. The van der Waals surface area contributed by atoms with Gasteiger partial charge in [0.05, 0.1) is 24.1 Å². The zero-order chi connectivity index (χ0) is 23.9. The van der Waals surface area contributed by atoms with Gasteiger partial charge >= 0.3 is 6.18 Å². The Bertz CT molecular complexity index is 1270. The van der Waals surface area contributed by atoms with Gasteiger partial charge < -0.3 is 19.8 Å². The minimum atomic E-state index is -4.91. The molecule has 3 N–H and O–H groups in total. The van der Waals surface area contributed by atoms with Gasteiger partial charge in [-0.05, 0) is 24.6 Å². The molecule has 4 rings (SSSR count). The predicted octanol–water partition coefficient (Wildman–Crippen LogP) is 2.71. The van der Waals surface area contributed by atoms with Gasteiger partial charge in [-0.2, -0.15) is 23.3 Å². The first kappa shape index (κ1) is 22.9. The van der Waals surface area contributed by atoms with E-state index in [2.05, 4.69) is 20.2 Å². The molecule has 0 unspecified atom stereocenters. The summed E-state index contributed by atoms with van der Waals surface area (Å²) in [5, 5.41) is 24.9. The van der Waals surface area contributed by atoms with Crippen LogP contribution in [0.3, 0.4) is 0 Å². The molecule has 3 aromatic rings. The number of ether oxygens (including phenoxy) is 1. The summed E-state index contributed by atoms with van der Waals surface area (Å²) in [6.07, 6.45) is -5.58. The van der Waals surface area contributed by atoms with E-state index in [1.807, 2.05) is 0 Å². The second-order valence-corrected chi connectivity index (χ2v) is 7.37. The summed E-state index contributed by atoms with van der Waals surface area (Å²) in [5.41, 5.74) is -1.17. The lowest BCUT2D eigenvalue weighted by Crippen LogP contribution is -2.33. The fourth-order valence-electron chi connectivity index (χ4n) is 3.33. The van der Waals surface area contributed by atoms with Crippen molar-refractivity contribution in [2.45, 2.75) is 25.4 Å². The number of rotatable bonds is 4. The Balaban J connectivity index is 1.76. The molecular formula is C19H14ClF4N5O4. The zero-order valence-corrected chi connectivity index (χ0v) is 17.2. The zero-order valence-electron chi connectivity index (χ0n) is 16.4. The first-order valence-corrected chi connectivity index (χ1v) is 9.71. The van der Waals surface area contributed by atoms with Crippen molar-refractivity contribution >= 4 is 17.3 Å². The van der Waals surface area contributed by atoms with Crippen LogP contribution in [0.15, 0.2) is 29.2 Å². The maximum absolute atomic E-state index is 13.4. The molecule has 0 spiro atoms. The van der Waals surface area contributed by atoms with Crippen LogP contribution < -0.4 is 15.2 Å². The Hall–Kier alpha value is -3.29. The van der Waals surface area contributed by atoms with Crippen LogP contribution in [0, 0.1) is 5.82 Å². The molecule has 174 valence electrons. The summed E-state index contributed by atoms with van der Waals surface area (Å²) in [6.45, 7) is 0.239. The van der Waals surface area contributed by atoms with Crippen LogP contribution >= 0.6 is 11.6 Å². The number of benzene rings is 1. The molecule has 0 atom stereocenters. The molecule has 0 radical (unpaired) electrons. The van der Waals surface area contributed by atoms with Crippen molar-refractivity contribution < 1.29 is 32.5 Å². The Kier molecular flexibility index (Phi) is 5.95. The van der Waals surface area contributed by atoms with E-state index >= 15 is 0 Å². The summed E-state index contributed by atoms with van der Waals surface area (Å²) in [6, 6.07) is 1.89. The molecule has 14 heteroatoms. The second-order valence-electron chi connectivity index (χ2n) is 7.00. The van der Waals surface area contributed by atoms with E-state index in [1.165, 1.54) is 6.20 Å². The number of alkyl halides is 3. The van der Waals surface area contributed by atoms with Gasteiger partial charge in [0.1, 0.15) is 22.2 Å². The van der Waals surface area contributed by atoms with E-state index < -0.39 is 41.0 Å². The quantitative estimate of drug-likeness (QED) is 0.379. The highest BCUT2D eigenvalue weighted by molar-refractivity contribution is 6.33. The van der Waals surface area contributed by atoms with Crippen LogP contribution in [0.25, 0.3) is 0 Å². The third kappa shape index (κ3) is 4.60. The normalized spacial score (nSPS) is 13.9. The third-order valence-electron chi connectivity index (χ3n) is 4.85. The fourth-order valence-corrected chi connectivity index (χ4v) is 3.54. The summed E-state index contributed by atoms with van der Waals surface area (Å²) in [4.78, 5) is 21.3. The first-order chi connectivity index (χ1) is 15.5. The Morgan fingerprint density at radius 1 is 1.24 bits per heavy atom. The monoisotopic (exact) mass is 487 g/mol. The van der Waals surface area contributed by atoms with Gasteiger partial charge in [-0.3, -0.25) is 4.79 Å². The van der Waals surface area contributed by atoms with Crippen LogP contribution in [0.1, 0.15) is 28.9 Å². The molecule has 0 aliphatic carbocycles. The smallest absolute Gasteiger partial charge is 0.420 e. The maximum atomic E-state index is 13.4. The summed E-state index contributed by atoms with van der Waals surface area (Å²) in [5.74, 6) is -2.68. The molecule has 1 aromatic carbocycles. The summed E-state index contributed by atoms with van der Waals surface area (Å²) in [7, 11) is 0. The number of nitrogens with one attached hydrogen (secondary N) is 1. The van der Waals surface area contributed by atoms with Gasteiger partial charge in [0.25, 0.3) is 5.56 Å². The van der Waals surface area contributed by atoms with Gasteiger partial charge in [0, 0.05) is 12.1 Å². The maximum Gasteiger partial charge on any atom is 0.420 e. The Morgan fingerprint density at radius 2 is 2.00 bits per heavy atom. The Morgan fingerprint density at radius 3 is 2.70 bits per heavy atom. The summed E-state index contributed by atoms with van der Waals surface area (Å²) >= 11 is 6.05. The molecule has 33 heavy (non-hydrogen) atoms. The van der Waals surface area contributed by atoms with Crippen molar-refractivity contribution in [1.29, 1.82) is 0 Å². The molecule has 9 nitrogen and oxygen atoms in total. The number of aliphatic hydroxyl groups excluding tert-OH is 1. The number of hydrogen-bond acceptors (Lipinski definition) is 8. The van der Waals surface area contributed by atoms with Gasteiger partial charge in [0.2, 0.25) is 12.2 Å². The predicted molar refractivity (Wildman–Crippen MR) is 105 cm³/mol. The van der Waals surface area contributed by atoms with Crippen molar-refractivity contribution in [3.05, 3.63) is 68.2 Å². The van der Waals surface area contributed by atoms with Crippen LogP contribution in [0.5, 0.6) is 11.6 Å². The second kappa shape index (κ2) is 8.57. The average Bonchev–Trinajstić information content (AvgIpc) is 2.75. The SMILES string of the molecule is O=c1[nH]ncc(N2CCc3c(nc(C(O)O)nc3Oc3ccc(F)cc3C(F)(F)F)C2)c1Cl. The van der Waals surface area contributed by atoms with Gasteiger partial charge in [-0.1, -0.05) is 11.6 Å². The number of fused-ring (bicyclic) bond motifs is 1. The topological polar surface area (TPSA) is 124 Å².